The van der Waals surface area contributed by atoms with Crippen LogP contribution in [0.2, 0.25) is 0 Å². The SMILES string of the molecule is COc1cc2c(cc1-c1cncc(OCCCNC(=O)[C@@H](CCC(=O)OC(C)(C)C)NC(=O)CCNC(=O)OC(C)(C)C)c1)-c1c(c(C(=O)N3CCCN(C(=O)C4CCC4)CC3)nn1-c1cccs1)CO2. The lowest BCUT2D eigenvalue weighted by Gasteiger charge is -2.31. The Morgan fingerprint density at radius 2 is 1.63 bits per heavy atom. The molecular formula is C51H66N8O11S. The van der Waals surface area contributed by atoms with Gasteiger partial charge in [-0.25, -0.2) is 9.48 Å². The number of aromatic nitrogens is 3. The van der Waals surface area contributed by atoms with Crippen LogP contribution >= 0.6 is 11.3 Å². The molecule has 1 aromatic carbocycles. The van der Waals surface area contributed by atoms with Crippen LogP contribution in [0.5, 0.6) is 17.2 Å². The van der Waals surface area contributed by atoms with Gasteiger partial charge < -0.3 is 49.4 Å². The van der Waals surface area contributed by atoms with Gasteiger partial charge in [-0.2, -0.15) is 5.10 Å². The number of alkyl carbamates (subject to hydrolysis) is 1. The number of ether oxygens (including phenoxy) is 5. The first-order chi connectivity index (χ1) is 33.9. The number of rotatable bonds is 18. The molecule has 0 radical (unpaired) electrons. The third-order valence-electron chi connectivity index (χ3n) is 12.0. The Hall–Kier alpha value is -6.70. The molecule has 5 heterocycles. The molecule has 5 amide bonds. The van der Waals surface area contributed by atoms with Gasteiger partial charge in [0.2, 0.25) is 17.7 Å². The second-order valence-corrected chi connectivity index (χ2v) is 20.7. The second kappa shape index (κ2) is 23.0. The van der Waals surface area contributed by atoms with Crippen LogP contribution in [0.25, 0.3) is 27.4 Å². The molecule has 3 aliphatic rings. The van der Waals surface area contributed by atoms with Gasteiger partial charge in [-0.3, -0.25) is 29.0 Å². The minimum absolute atomic E-state index is 0.00188. The molecule has 3 aromatic heterocycles. The number of carbonyl (C=O) groups is 6. The van der Waals surface area contributed by atoms with Gasteiger partial charge in [0.05, 0.1) is 25.6 Å². The average Bonchev–Trinajstić information content (AvgIpc) is 3.90. The summed E-state index contributed by atoms with van der Waals surface area (Å²) in [6.45, 7) is 13.0. The lowest BCUT2D eigenvalue weighted by Crippen LogP contribution is -2.48. The molecule has 71 heavy (non-hydrogen) atoms. The van der Waals surface area contributed by atoms with Crippen molar-refractivity contribution in [1.82, 2.24) is 40.5 Å². The number of esters is 1. The molecule has 19 nitrogen and oxygen atoms in total. The number of methoxy groups -OCH3 is 1. The van der Waals surface area contributed by atoms with Gasteiger partial charge in [0, 0.05) is 92.5 Å². The van der Waals surface area contributed by atoms with E-state index >= 15 is 0 Å². The third-order valence-corrected chi connectivity index (χ3v) is 12.9. The number of hydrogen-bond donors (Lipinski definition) is 3. The fourth-order valence-electron chi connectivity index (χ4n) is 8.42. The molecule has 0 spiro atoms. The normalized spacial score (nSPS) is 15.1. The number of carbonyl (C=O) groups excluding carboxylic acids is 6. The van der Waals surface area contributed by atoms with Crippen molar-refractivity contribution in [3.05, 3.63) is 59.4 Å². The van der Waals surface area contributed by atoms with Crippen LogP contribution in [-0.4, -0.2) is 130 Å². The van der Waals surface area contributed by atoms with Crippen LogP contribution in [0.15, 0.2) is 48.1 Å². The summed E-state index contributed by atoms with van der Waals surface area (Å²) in [5, 5.41) is 15.8. The van der Waals surface area contributed by atoms with Gasteiger partial charge >= 0.3 is 12.1 Å². The van der Waals surface area contributed by atoms with Crippen LogP contribution in [0.1, 0.15) is 109 Å². The summed E-state index contributed by atoms with van der Waals surface area (Å²) in [5.41, 5.74) is 2.41. The summed E-state index contributed by atoms with van der Waals surface area (Å²) in [6.07, 6.45) is 6.44. The van der Waals surface area contributed by atoms with E-state index in [0.29, 0.717) is 78.7 Å². The molecule has 4 aromatic rings. The molecule has 20 heteroatoms. The number of nitrogens with one attached hydrogen (secondary N) is 3. The van der Waals surface area contributed by atoms with Crippen molar-refractivity contribution in [2.45, 2.75) is 117 Å². The Labute approximate surface area is 418 Å². The maximum atomic E-state index is 14.4. The minimum atomic E-state index is -1.04. The van der Waals surface area contributed by atoms with Crippen LogP contribution < -0.4 is 30.2 Å². The fraction of sp³-hybridized carbons (Fsp3) is 0.529. The molecule has 2 aliphatic heterocycles. The Morgan fingerprint density at radius 3 is 2.34 bits per heavy atom. The fourth-order valence-corrected chi connectivity index (χ4v) is 9.11. The smallest absolute Gasteiger partial charge is 0.407 e. The average molecular weight is 999 g/mol. The summed E-state index contributed by atoms with van der Waals surface area (Å²) in [6, 6.07) is 8.47. The van der Waals surface area contributed by atoms with E-state index in [-0.39, 0.29) is 63.3 Å². The molecule has 2 fully saturated rings. The highest BCUT2D eigenvalue weighted by Gasteiger charge is 2.36. The van der Waals surface area contributed by atoms with Crippen molar-refractivity contribution in [3.8, 4) is 44.6 Å². The lowest BCUT2D eigenvalue weighted by molar-refractivity contribution is -0.155. The zero-order chi connectivity index (χ0) is 50.9. The van der Waals surface area contributed by atoms with Crippen molar-refractivity contribution < 1.29 is 52.5 Å². The molecule has 0 unspecified atom stereocenters. The van der Waals surface area contributed by atoms with Gasteiger partial charge in [-0.05, 0) is 103 Å². The van der Waals surface area contributed by atoms with E-state index in [1.54, 1.807) is 65.9 Å². The van der Waals surface area contributed by atoms with Crippen molar-refractivity contribution in [2.24, 2.45) is 5.92 Å². The molecule has 382 valence electrons. The third kappa shape index (κ3) is 13.8. The van der Waals surface area contributed by atoms with Crippen LogP contribution in [0.3, 0.4) is 0 Å². The monoisotopic (exact) mass is 998 g/mol. The van der Waals surface area contributed by atoms with Gasteiger partial charge in [0.25, 0.3) is 5.91 Å². The van der Waals surface area contributed by atoms with Crippen molar-refractivity contribution in [2.75, 3.05) is 53.0 Å². The number of nitrogens with zero attached hydrogens (tertiary/aromatic N) is 5. The standard InChI is InChI=1S/C51H66N8O11S/c1-50(2,3)69-43(61)16-15-38(55-41(60)17-19-54-49(65)70-51(4,5)6)46(62)53-18-10-24-67-34-26-33(29-52-30-34)35-27-36-40(28-39(35)66-7)68-31-37-44(56-59(45(36)37)42-14-9-25-71-42)48(64)58-21-11-20-57(22-23-58)47(63)32-12-8-13-32/h9,14,25-30,32,38H,8,10-13,15-24,31H2,1-7H3,(H,53,62)(H,54,65)(H,55,60)/t38-/m1/s1. The molecule has 7 rings (SSSR count). The zero-order valence-corrected chi connectivity index (χ0v) is 42.5. The van der Waals surface area contributed by atoms with Crippen LogP contribution in [-0.2, 0) is 35.3 Å². The van der Waals surface area contributed by atoms with E-state index in [1.165, 1.54) is 11.3 Å². The predicted octanol–water partition coefficient (Wildman–Crippen LogP) is 6.45. The van der Waals surface area contributed by atoms with Crippen molar-refractivity contribution >= 4 is 47.0 Å². The van der Waals surface area contributed by atoms with E-state index in [1.807, 2.05) is 45.3 Å². The van der Waals surface area contributed by atoms with E-state index in [2.05, 4.69) is 20.9 Å². The van der Waals surface area contributed by atoms with E-state index in [4.69, 9.17) is 28.8 Å². The molecule has 1 atom stereocenters. The minimum Gasteiger partial charge on any atom is -0.496 e. The molecule has 0 bridgehead atoms. The highest BCUT2D eigenvalue weighted by Crippen LogP contribution is 2.46. The highest BCUT2D eigenvalue weighted by molar-refractivity contribution is 7.12. The van der Waals surface area contributed by atoms with Gasteiger partial charge in [0.1, 0.15) is 46.1 Å². The molecular weight excluding hydrogens is 933 g/mol. The summed E-state index contributed by atoms with van der Waals surface area (Å²) >= 11 is 1.50. The predicted molar refractivity (Wildman–Crippen MR) is 264 cm³/mol. The first-order valence-corrected chi connectivity index (χ1v) is 25.2. The van der Waals surface area contributed by atoms with E-state index in [9.17, 15) is 28.8 Å². The Bertz CT molecular complexity index is 2560. The molecule has 1 saturated heterocycles. The van der Waals surface area contributed by atoms with E-state index < -0.39 is 41.1 Å². The van der Waals surface area contributed by atoms with Crippen LogP contribution in [0.4, 0.5) is 4.79 Å². The number of thiophene rings is 1. The molecule has 3 N–H and O–H groups in total. The van der Waals surface area contributed by atoms with Gasteiger partial charge in [-0.1, -0.05) is 6.42 Å². The number of benzene rings is 1. The summed E-state index contributed by atoms with van der Waals surface area (Å²) in [7, 11) is 1.58. The Morgan fingerprint density at radius 1 is 0.873 bits per heavy atom. The quantitative estimate of drug-likeness (QED) is 0.0722. The first-order valence-electron chi connectivity index (χ1n) is 24.3. The maximum Gasteiger partial charge on any atom is 0.407 e. The maximum absolute atomic E-state index is 14.4. The number of pyridine rings is 1. The van der Waals surface area contributed by atoms with Crippen LogP contribution in [0, 0.1) is 5.92 Å². The second-order valence-electron chi connectivity index (χ2n) is 19.8. The number of amides is 5. The molecule has 1 saturated carbocycles. The van der Waals surface area contributed by atoms with Crippen molar-refractivity contribution in [1.29, 1.82) is 0 Å². The van der Waals surface area contributed by atoms with E-state index in [0.717, 1.165) is 35.5 Å². The first kappa shape index (κ1) is 52.1. The summed E-state index contributed by atoms with van der Waals surface area (Å²) < 4.78 is 30.8. The topological polar surface area (TPSA) is 222 Å². The van der Waals surface area contributed by atoms with Gasteiger partial charge in [-0.15, -0.1) is 11.3 Å². The number of fused-ring (bicyclic) bond motifs is 3. The molecule has 1 aliphatic carbocycles. The van der Waals surface area contributed by atoms with Gasteiger partial charge in [0.15, 0.2) is 5.69 Å². The summed E-state index contributed by atoms with van der Waals surface area (Å²) in [5.74, 6) is 0.187. The Kier molecular flexibility index (Phi) is 16.9. The summed E-state index contributed by atoms with van der Waals surface area (Å²) in [4.78, 5) is 86.5. The lowest BCUT2D eigenvalue weighted by atomic mass is 9.84. The zero-order valence-electron chi connectivity index (χ0n) is 41.7. The highest BCUT2D eigenvalue weighted by atomic mass is 32.1. The number of hydrogen-bond acceptors (Lipinski definition) is 14. The van der Waals surface area contributed by atoms with Crippen molar-refractivity contribution in [3.63, 3.8) is 0 Å². The largest absolute Gasteiger partial charge is 0.496 e. The Balaban J connectivity index is 1.01.